The third kappa shape index (κ3) is 2.01. The van der Waals surface area contributed by atoms with Crippen molar-refractivity contribution in [3.63, 3.8) is 0 Å². The van der Waals surface area contributed by atoms with Gasteiger partial charge in [0.25, 0.3) is 0 Å². The van der Waals surface area contributed by atoms with Gasteiger partial charge in [0.1, 0.15) is 14.8 Å². The molecular weight excluding hydrogens is 306 g/mol. The van der Waals surface area contributed by atoms with Crippen LogP contribution in [0, 0.1) is 0 Å². The van der Waals surface area contributed by atoms with E-state index in [1.54, 1.807) is 0 Å². The lowest BCUT2D eigenvalue weighted by Crippen LogP contribution is -2.34. The SMILES string of the molecule is NS(=O)(=O)c1cc2c(c(O)c1Cl)NCNS2(=O)=O. The second-order valence-corrected chi connectivity index (χ2v) is 7.10. The molecule has 1 heterocycles. The van der Waals surface area contributed by atoms with Crippen molar-refractivity contribution in [2.24, 2.45) is 5.14 Å². The summed E-state index contributed by atoms with van der Waals surface area (Å²) >= 11 is 5.64. The topological polar surface area (TPSA) is 139 Å². The van der Waals surface area contributed by atoms with Gasteiger partial charge in [-0.2, -0.15) is 4.72 Å². The average molecular weight is 314 g/mol. The molecule has 0 aromatic heterocycles. The molecule has 0 fully saturated rings. The molecule has 0 amide bonds. The smallest absolute Gasteiger partial charge is 0.244 e. The minimum absolute atomic E-state index is 0.145. The maximum atomic E-state index is 11.7. The first kappa shape index (κ1) is 13.4. The van der Waals surface area contributed by atoms with Gasteiger partial charge >= 0.3 is 0 Å². The van der Waals surface area contributed by atoms with E-state index in [0.29, 0.717) is 0 Å². The van der Waals surface area contributed by atoms with Crippen LogP contribution in [0.3, 0.4) is 0 Å². The van der Waals surface area contributed by atoms with Crippen LogP contribution in [0.5, 0.6) is 5.75 Å². The molecule has 2 rings (SSSR count). The molecule has 1 aromatic rings. The minimum atomic E-state index is -4.25. The normalized spacial score (nSPS) is 17.9. The second-order valence-electron chi connectivity index (χ2n) is 3.46. The molecule has 18 heavy (non-hydrogen) atoms. The van der Waals surface area contributed by atoms with E-state index in [9.17, 15) is 21.9 Å². The van der Waals surface area contributed by atoms with Gasteiger partial charge in [-0.3, -0.25) is 0 Å². The summed E-state index contributed by atoms with van der Waals surface area (Å²) < 4.78 is 48.0. The van der Waals surface area contributed by atoms with Crippen molar-refractivity contribution >= 4 is 37.3 Å². The molecule has 1 aromatic carbocycles. The van der Waals surface area contributed by atoms with E-state index in [4.69, 9.17) is 16.7 Å². The molecular formula is C7H8ClN3O5S2. The maximum absolute atomic E-state index is 11.7. The van der Waals surface area contributed by atoms with Gasteiger partial charge in [-0.1, -0.05) is 11.6 Å². The number of fused-ring (bicyclic) bond motifs is 1. The molecule has 0 radical (unpaired) electrons. The summed E-state index contributed by atoms with van der Waals surface area (Å²) in [4.78, 5) is -1.09. The van der Waals surface area contributed by atoms with Crippen LogP contribution in [0.1, 0.15) is 0 Å². The number of hydrogen-bond acceptors (Lipinski definition) is 6. The first-order chi connectivity index (χ1) is 8.14. The van der Waals surface area contributed by atoms with Crippen molar-refractivity contribution in [2.45, 2.75) is 9.79 Å². The van der Waals surface area contributed by atoms with Crippen molar-refractivity contribution in [1.82, 2.24) is 4.72 Å². The van der Waals surface area contributed by atoms with Gasteiger partial charge in [0, 0.05) is 0 Å². The highest BCUT2D eigenvalue weighted by atomic mass is 35.5. The third-order valence-electron chi connectivity index (χ3n) is 2.29. The van der Waals surface area contributed by atoms with Crippen LogP contribution in [0.25, 0.3) is 0 Å². The zero-order chi connectivity index (χ0) is 13.7. The second kappa shape index (κ2) is 3.96. The summed E-state index contributed by atoms with van der Waals surface area (Å²) in [6.45, 7) is -0.145. The zero-order valence-corrected chi connectivity index (χ0v) is 11.0. The standard InChI is InChI=1S/C7H8ClN3O5S2/c8-5-3(17(9,13)14)1-4-6(7(5)12)10-2-11-18(4,15)16/h1,10-12H,2H2,(H2,9,13,14). The minimum Gasteiger partial charge on any atom is -0.504 e. The maximum Gasteiger partial charge on any atom is 0.244 e. The number of nitrogens with two attached hydrogens (primary N) is 1. The number of nitrogens with one attached hydrogen (secondary N) is 2. The fraction of sp³-hybridized carbons (Fsp3) is 0.143. The van der Waals surface area contributed by atoms with Crippen molar-refractivity contribution in [1.29, 1.82) is 0 Å². The number of benzene rings is 1. The zero-order valence-electron chi connectivity index (χ0n) is 8.64. The Morgan fingerprint density at radius 3 is 2.61 bits per heavy atom. The van der Waals surface area contributed by atoms with Crippen molar-refractivity contribution in [3.05, 3.63) is 11.1 Å². The van der Waals surface area contributed by atoms with E-state index in [1.165, 1.54) is 0 Å². The Balaban J connectivity index is 2.90. The summed E-state index contributed by atoms with van der Waals surface area (Å²) in [5, 5.41) is 16.6. The molecule has 0 aliphatic carbocycles. The fourth-order valence-electron chi connectivity index (χ4n) is 1.48. The third-order valence-corrected chi connectivity index (χ3v) is 5.15. The predicted molar refractivity (Wildman–Crippen MR) is 63.3 cm³/mol. The number of aromatic hydroxyl groups is 1. The summed E-state index contributed by atoms with van der Waals surface area (Å²) in [7, 11) is -8.17. The molecule has 1 aliphatic rings. The van der Waals surface area contributed by atoms with E-state index in [-0.39, 0.29) is 12.4 Å². The molecule has 100 valence electrons. The van der Waals surface area contributed by atoms with Gasteiger partial charge in [0.05, 0.1) is 12.4 Å². The molecule has 1 aliphatic heterocycles. The summed E-state index contributed by atoms with van der Waals surface area (Å²) in [5.74, 6) is -0.678. The Labute approximate surface area is 108 Å². The highest BCUT2D eigenvalue weighted by molar-refractivity contribution is 7.90. The van der Waals surface area contributed by atoms with E-state index in [0.717, 1.165) is 6.07 Å². The Hall–Kier alpha value is -1.07. The summed E-state index contributed by atoms with van der Waals surface area (Å²) in [5.41, 5.74) is -0.161. The van der Waals surface area contributed by atoms with Gasteiger partial charge < -0.3 is 10.4 Å². The predicted octanol–water partition coefficient (Wildman–Crippen LogP) is -0.646. The number of phenols is 1. The number of halogens is 1. The number of anilines is 1. The Morgan fingerprint density at radius 1 is 1.44 bits per heavy atom. The molecule has 5 N–H and O–H groups in total. The fourth-order valence-corrected chi connectivity index (χ4v) is 3.79. The van der Waals surface area contributed by atoms with Gasteiger partial charge in [-0.15, -0.1) is 0 Å². The van der Waals surface area contributed by atoms with Crippen LogP contribution >= 0.6 is 11.6 Å². The van der Waals surface area contributed by atoms with Crippen LogP contribution in [-0.2, 0) is 20.0 Å². The summed E-state index contributed by atoms with van der Waals surface area (Å²) in [6.07, 6.45) is 0. The summed E-state index contributed by atoms with van der Waals surface area (Å²) in [6, 6.07) is 0.793. The molecule has 0 saturated carbocycles. The van der Waals surface area contributed by atoms with Gasteiger partial charge in [0.15, 0.2) is 5.75 Å². The quantitative estimate of drug-likeness (QED) is 0.508. The first-order valence-electron chi connectivity index (χ1n) is 4.46. The van der Waals surface area contributed by atoms with E-state index >= 15 is 0 Å². The number of primary sulfonamides is 1. The molecule has 11 heteroatoms. The molecule has 0 saturated heterocycles. The monoisotopic (exact) mass is 313 g/mol. The highest BCUT2D eigenvalue weighted by Crippen LogP contribution is 2.42. The van der Waals surface area contributed by atoms with Gasteiger partial charge in [0.2, 0.25) is 20.0 Å². The lowest BCUT2D eigenvalue weighted by atomic mass is 10.3. The van der Waals surface area contributed by atoms with E-state index < -0.39 is 40.6 Å². The Morgan fingerprint density at radius 2 is 2.06 bits per heavy atom. The molecule has 0 spiro atoms. The average Bonchev–Trinajstić information content (AvgIpc) is 2.21. The van der Waals surface area contributed by atoms with Crippen LogP contribution < -0.4 is 15.2 Å². The van der Waals surface area contributed by atoms with Gasteiger partial charge in [-0.25, -0.2) is 22.0 Å². The molecule has 0 bridgehead atoms. The lowest BCUT2D eigenvalue weighted by molar-refractivity contribution is 0.472. The number of sulfonamides is 2. The van der Waals surface area contributed by atoms with Gasteiger partial charge in [-0.05, 0) is 6.07 Å². The first-order valence-corrected chi connectivity index (χ1v) is 7.87. The highest BCUT2D eigenvalue weighted by Gasteiger charge is 2.30. The van der Waals surface area contributed by atoms with Crippen molar-refractivity contribution in [3.8, 4) is 5.75 Å². The van der Waals surface area contributed by atoms with E-state index in [2.05, 4.69) is 10.0 Å². The van der Waals surface area contributed by atoms with Crippen LogP contribution in [0.2, 0.25) is 5.02 Å². The Bertz CT molecular complexity index is 728. The molecule has 0 atom stereocenters. The number of phenolic OH excluding ortho intramolecular Hbond substituents is 1. The van der Waals surface area contributed by atoms with E-state index in [1.807, 2.05) is 0 Å². The van der Waals surface area contributed by atoms with Crippen molar-refractivity contribution in [2.75, 3.05) is 12.0 Å². The Kier molecular flexibility index (Phi) is 2.94. The lowest BCUT2D eigenvalue weighted by Gasteiger charge is -2.21. The largest absolute Gasteiger partial charge is 0.504 e. The van der Waals surface area contributed by atoms with Crippen LogP contribution in [-0.4, -0.2) is 28.6 Å². The van der Waals surface area contributed by atoms with Crippen molar-refractivity contribution < 1.29 is 21.9 Å². The molecule has 0 unspecified atom stereocenters. The molecule has 8 nitrogen and oxygen atoms in total. The number of rotatable bonds is 1. The van der Waals surface area contributed by atoms with Crippen LogP contribution in [0.15, 0.2) is 15.9 Å². The van der Waals surface area contributed by atoms with Crippen LogP contribution in [0.4, 0.5) is 5.69 Å². The number of hydrogen-bond donors (Lipinski definition) is 4.